The molecule has 1 aromatic heterocycles. The number of rotatable bonds is 8. The standard InChI is InChI=1S/C25H21N3O5S2/c1-16(29)18-6-5-7-19(14-18)28-35(31,32)20-12-10-17(11-13-20)24(30)27-25-26-22(15-34-25)21-8-3-4-9-23(21)33-2/h3-15,28H,1-2H3,(H,26,27,30). The van der Waals surface area contributed by atoms with Crippen molar-refractivity contribution in [2.45, 2.75) is 11.8 Å². The zero-order valence-corrected chi connectivity index (χ0v) is 20.4. The first-order valence-corrected chi connectivity index (χ1v) is 12.8. The average Bonchev–Trinajstić information content (AvgIpc) is 3.32. The maximum absolute atomic E-state index is 12.7. The number of carbonyl (C=O) groups excluding carboxylic acids is 2. The number of para-hydroxylation sites is 1. The third-order valence-electron chi connectivity index (χ3n) is 5.06. The van der Waals surface area contributed by atoms with Crippen LogP contribution in [0.4, 0.5) is 10.8 Å². The number of Topliss-reactive ketones (excluding diaryl/α,β-unsaturated/α-hetero) is 1. The Hall–Kier alpha value is -4.02. The van der Waals surface area contributed by atoms with E-state index in [1.165, 1.54) is 48.6 Å². The van der Waals surface area contributed by atoms with Gasteiger partial charge in [0.1, 0.15) is 5.75 Å². The number of sulfonamides is 1. The Balaban J connectivity index is 1.46. The summed E-state index contributed by atoms with van der Waals surface area (Å²) in [5, 5.41) is 4.95. The molecular formula is C25H21N3O5S2. The zero-order valence-electron chi connectivity index (χ0n) is 18.8. The predicted octanol–water partition coefficient (Wildman–Crippen LogP) is 5.07. The molecule has 10 heteroatoms. The van der Waals surface area contributed by atoms with Gasteiger partial charge in [-0.2, -0.15) is 0 Å². The molecule has 1 heterocycles. The quantitative estimate of drug-likeness (QED) is 0.322. The van der Waals surface area contributed by atoms with Gasteiger partial charge in [0.2, 0.25) is 0 Å². The number of hydrogen-bond acceptors (Lipinski definition) is 7. The zero-order chi connectivity index (χ0) is 25.0. The number of thiazole rings is 1. The number of nitrogens with one attached hydrogen (secondary N) is 2. The monoisotopic (exact) mass is 507 g/mol. The molecule has 0 unspecified atom stereocenters. The molecule has 4 rings (SSSR count). The van der Waals surface area contributed by atoms with Crippen molar-refractivity contribution in [2.24, 2.45) is 0 Å². The van der Waals surface area contributed by atoms with E-state index >= 15 is 0 Å². The van der Waals surface area contributed by atoms with Crippen LogP contribution in [-0.2, 0) is 10.0 Å². The van der Waals surface area contributed by atoms with E-state index in [1.807, 2.05) is 29.6 Å². The summed E-state index contributed by atoms with van der Waals surface area (Å²) in [5.41, 5.74) is 2.42. The van der Waals surface area contributed by atoms with E-state index in [0.717, 1.165) is 5.56 Å². The third-order valence-corrected chi connectivity index (χ3v) is 7.21. The molecule has 35 heavy (non-hydrogen) atoms. The summed E-state index contributed by atoms with van der Waals surface area (Å²) in [7, 11) is -2.33. The van der Waals surface area contributed by atoms with Crippen LogP contribution in [0.5, 0.6) is 5.75 Å². The van der Waals surface area contributed by atoms with Gasteiger partial charge in [-0.1, -0.05) is 24.3 Å². The van der Waals surface area contributed by atoms with Crippen LogP contribution in [0, 0.1) is 0 Å². The number of hydrogen-bond donors (Lipinski definition) is 2. The summed E-state index contributed by atoms with van der Waals surface area (Å²) in [6.45, 7) is 1.41. The molecule has 2 N–H and O–H groups in total. The molecule has 0 aliphatic carbocycles. The maximum atomic E-state index is 12.7. The van der Waals surface area contributed by atoms with Crippen molar-refractivity contribution in [3.8, 4) is 17.0 Å². The number of carbonyl (C=O) groups is 2. The minimum absolute atomic E-state index is 0.0185. The first kappa shape index (κ1) is 24.1. The predicted molar refractivity (Wildman–Crippen MR) is 136 cm³/mol. The highest BCUT2D eigenvalue weighted by atomic mass is 32.2. The van der Waals surface area contributed by atoms with Crippen molar-refractivity contribution >= 4 is 43.9 Å². The topological polar surface area (TPSA) is 114 Å². The van der Waals surface area contributed by atoms with E-state index in [0.29, 0.717) is 22.1 Å². The molecule has 0 saturated heterocycles. The van der Waals surface area contributed by atoms with Gasteiger partial charge in [-0.05, 0) is 55.5 Å². The minimum atomic E-state index is -3.91. The molecule has 8 nitrogen and oxygen atoms in total. The SMILES string of the molecule is COc1ccccc1-c1csc(NC(=O)c2ccc(S(=O)(=O)Nc3cccc(C(C)=O)c3)cc2)n1. The molecule has 0 spiro atoms. The van der Waals surface area contributed by atoms with Crippen molar-refractivity contribution in [2.75, 3.05) is 17.1 Å². The largest absolute Gasteiger partial charge is 0.496 e. The lowest BCUT2D eigenvalue weighted by atomic mass is 10.1. The van der Waals surface area contributed by atoms with Crippen molar-refractivity contribution in [1.29, 1.82) is 0 Å². The number of amides is 1. The fourth-order valence-electron chi connectivity index (χ4n) is 3.28. The van der Waals surface area contributed by atoms with Crippen molar-refractivity contribution in [3.63, 3.8) is 0 Å². The fraction of sp³-hybridized carbons (Fsp3) is 0.0800. The maximum Gasteiger partial charge on any atom is 0.261 e. The van der Waals surface area contributed by atoms with Gasteiger partial charge in [-0.15, -0.1) is 11.3 Å². The third kappa shape index (κ3) is 5.56. The molecule has 0 aliphatic heterocycles. The van der Waals surface area contributed by atoms with Gasteiger partial charge >= 0.3 is 0 Å². The molecule has 0 fully saturated rings. The molecule has 3 aromatic carbocycles. The Morgan fingerprint density at radius 3 is 2.40 bits per heavy atom. The van der Waals surface area contributed by atoms with Crippen molar-refractivity contribution < 1.29 is 22.7 Å². The second-order valence-electron chi connectivity index (χ2n) is 7.46. The van der Waals surface area contributed by atoms with Crippen molar-refractivity contribution in [3.05, 3.63) is 89.3 Å². The van der Waals surface area contributed by atoms with Crippen LogP contribution in [0.25, 0.3) is 11.3 Å². The number of ketones is 1. The normalized spacial score (nSPS) is 11.0. The van der Waals surface area contributed by atoms with Crippen LogP contribution in [0.2, 0.25) is 0 Å². The van der Waals surface area contributed by atoms with Gasteiger partial charge in [0.05, 0.1) is 17.7 Å². The van der Waals surface area contributed by atoms with Crippen LogP contribution < -0.4 is 14.8 Å². The summed E-state index contributed by atoms with van der Waals surface area (Å²) >= 11 is 1.27. The lowest BCUT2D eigenvalue weighted by molar-refractivity contribution is 0.101. The highest BCUT2D eigenvalue weighted by Crippen LogP contribution is 2.32. The summed E-state index contributed by atoms with van der Waals surface area (Å²) in [6, 6.07) is 19.2. The molecule has 4 aromatic rings. The van der Waals surface area contributed by atoms with Crippen LogP contribution >= 0.6 is 11.3 Å². The van der Waals surface area contributed by atoms with Crippen LogP contribution in [0.3, 0.4) is 0 Å². The van der Waals surface area contributed by atoms with E-state index in [9.17, 15) is 18.0 Å². The number of aromatic nitrogens is 1. The first-order chi connectivity index (χ1) is 16.8. The molecular weight excluding hydrogens is 486 g/mol. The lowest BCUT2D eigenvalue weighted by Gasteiger charge is -2.09. The molecule has 0 saturated carbocycles. The van der Waals surface area contributed by atoms with E-state index in [1.54, 1.807) is 25.3 Å². The molecule has 0 aliphatic rings. The van der Waals surface area contributed by atoms with Gasteiger partial charge in [0, 0.05) is 27.8 Å². The highest BCUT2D eigenvalue weighted by molar-refractivity contribution is 7.92. The second-order valence-corrected chi connectivity index (χ2v) is 10.00. The fourth-order valence-corrected chi connectivity index (χ4v) is 5.04. The van der Waals surface area contributed by atoms with Crippen LogP contribution in [0.1, 0.15) is 27.6 Å². The van der Waals surface area contributed by atoms with Crippen LogP contribution in [-0.4, -0.2) is 32.2 Å². The molecule has 0 atom stereocenters. The number of benzene rings is 3. The summed E-state index contributed by atoms with van der Waals surface area (Å²) in [5.74, 6) is 0.0859. The smallest absolute Gasteiger partial charge is 0.261 e. The Kier molecular flexibility index (Phi) is 6.94. The Morgan fingerprint density at radius 2 is 1.69 bits per heavy atom. The lowest BCUT2D eigenvalue weighted by Crippen LogP contribution is -2.15. The second kappa shape index (κ2) is 10.1. The van der Waals surface area contributed by atoms with Gasteiger partial charge in [-0.3, -0.25) is 19.6 Å². The molecule has 0 bridgehead atoms. The highest BCUT2D eigenvalue weighted by Gasteiger charge is 2.17. The van der Waals surface area contributed by atoms with Crippen molar-refractivity contribution in [1.82, 2.24) is 4.98 Å². The minimum Gasteiger partial charge on any atom is -0.496 e. The average molecular weight is 508 g/mol. The van der Waals surface area contributed by atoms with E-state index in [-0.39, 0.29) is 21.9 Å². The Bertz CT molecular complexity index is 1500. The van der Waals surface area contributed by atoms with Gasteiger partial charge in [0.15, 0.2) is 10.9 Å². The van der Waals surface area contributed by atoms with E-state index < -0.39 is 15.9 Å². The molecule has 1 amide bonds. The van der Waals surface area contributed by atoms with Gasteiger partial charge < -0.3 is 4.74 Å². The number of anilines is 2. The summed E-state index contributed by atoms with van der Waals surface area (Å²) < 4.78 is 33.3. The number of methoxy groups -OCH3 is 1. The summed E-state index contributed by atoms with van der Waals surface area (Å²) in [6.07, 6.45) is 0. The van der Waals surface area contributed by atoms with E-state index in [2.05, 4.69) is 15.0 Å². The number of nitrogens with zero attached hydrogens (tertiary/aromatic N) is 1. The van der Waals surface area contributed by atoms with Gasteiger partial charge in [-0.25, -0.2) is 13.4 Å². The first-order valence-electron chi connectivity index (χ1n) is 10.4. The molecule has 178 valence electrons. The number of ether oxygens (including phenoxy) is 1. The van der Waals surface area contributed by atoms with E-state index in [4.69, 9.17) is 4.74 Å². The summed E-state index contributed by atoms with van der Waals surface area (Å²) in [4.78, 5) is 28.6. The Labute approximate surface area is 206 Å². The van der Waals surface area contributed by atoms with Crippen LogP contribution in [0.15, 0.2) is 83.1 Å². The Morgan fingerprint density at radius 1 is 0.943 bits per heavy atom. The van der Waals surface area contributed by atoms with Gasteiger partial charge in [0.25, 0.3) is 15.9 Å². The molecule has 0 radical (unpaired) electrons.